The third kappa shape index (κ3) is 5.65. The Hall–Kier alpha value is -3.92. The molecule has 4 aromatic rings. The molecule has 0 unspecified atom stereocenters. The number of rotatable bonds is 6. The average Bonchev–Trinajstić information content (AvgIpc) is 3.31. The van der Waals surface area contributed by atoms with Gasteiger partial charge in [-0.1, -0.05) is 6.07 Å². The lowest BCUT2D eigenvalue weighted by molar-refractivity contribution is -0.139. The summed E-state index contributed by atoms with van der Waals surface area (Å²) in [6.07, 6.45) is -0.142. The van der Waals surface area contributed by atoms with Gasteiger partial charge in [0.1, 0.15) is 23.7 Å². The number of alkyl halides is 3. The topological polar surface area (TPSA) is 72.3 Å². The Morgan fingerprint density at radius 3 is 2.63 bits per heavy atom. The van der Waals surface area contributed by atoms with Crippen molar-refractivity contribution >= 4 is 22.8 Å². The summed E-state index contributed by atoms with van der Waals surface area (Å²) in [4.78, 5) is 23.6. The number of aromatic nitrogens is 3. The lowest BCUT2D eigenvalue weighted by Gasteiger charge is -2.30. The zero-order valence-electron chi connectivity index (χ0n) is 21.1. The van der Waals surface area contributed by atoms with E-state index in [9.17, 15) is 18.0 Å². The molecule has 2 aromatic carbocycles. The van der Waals surface area contributed by atoms with E-state index in [4.69, 9.17) is 4.74 Å². The molecule has 10 heteroatoms. The van der Waals surface area contributed by atoms with E-state index in [1.165, 1.54) is 12.1 Å². The Balaban J connectivity index is 1.29. The van der Waals surface area contributed by atoms with E-state index < -0.39 is 17.6 Å². The van der Waals surface area contributed by atoms with Gasteiger partial charge in [-0.15, -0.1) is 0 Å². The minimum atomic E-state index is -4.61. The number of hydrogen-bond donors (Lipinski definition) is 1. The predicted molar refractivity (Wildman–Crippen MR) is 139 cm³/mol. The van der Waals surface area contributed by atoms with Crippen LogP contribution >= 0.6 is 0 Å². The van der Waals surface area contributed by atoms with Crippen LogP contribution in [0.25, 0.3) is 16.9 Å². The molecule has 3 heterocycles. The molecule has 0 aliphatic carbocycles. The smallest absolute Gasteiger partial charge is 0.420 e. The number of amides is 1. The van der Waals surface area contributed by atoms with Crippen molar-refractivity contribution in [3.63, 3.8) is 0 Å². The van der Waals surface area contributed by atoms with Crippen molar-refractivity contribution in [2.45, 2.75) is 38.5 Å². The van der Waals surface area contributed by atoms with Crippen molar-refractivity contribution in [3.8, 4) is 11.4 Å². The third-order valence-corrected chi connectivity index (χ3v) is 6.79. The maximum absolute atomic E-state index is 13.8. The summed E-state index contributed by atoms with van der Waals surface area (Å²) in [6.45, 7) is 3.43. The number of carbonyl (C=O) groups excluding carboxylic acids is 1. The van der Waals surface area contributed by atoms with E-state index in [0.717, 1.165) is 47.1 Å². The van der Waals surface area contributed by atoms with Gasteiger partial charge in [0.2, 0.25) is 5.91 Å². The second-order valence-corrected chi connectivity index (χ2v) is 9.63. The number of nitrogens with one attached hydrogen (secondary N) is 1. The fourth-order valence-corrected chi connectivity index (χ4v) is 4.66. The van der Waals surface area contributed by atoms with Crippen molar-refractivity contribution in [1.82, 2.24) is 19.4 Å². The van der Waals surface area contributed by atoms with E-state index in [1.807, 2.05) is 48.9 Å². The predicted octanol–water partition coefficient (Wildman–Crippen LogP) is 5.40. The number of aryl methyl sites for hydroxylation is 1. The van der Waals surface area contributed by atoms with E-state index in [-0.39, 0.29) is 24.0 Å². The van der Waals surface area contributed by atoms with Gasteiger partial charge >= 0.3 is 6.18 Å². The van der Waals surface area contributed by atoms with Crippen molar-refractivity contribution in [1.29, 1.82) is 0 Å². The molecule has 1 N–H and O–H groups in total. The molecule has 7 nitrogen and oxygen atoms in total. The van der Waals surface area contributed by atoms with Gasteiger partial charge in [-0.2, -0.15) is 13.2 Å². The summed E-state index contributed by atoms with van der Waals surface area (Å²) in [6, 6.07) is 13.0. The van der Waals surface area contributed by atoms with Gasteiger partial charge in [-0.25, -0.2) is 9.97 Å². The molecule has 5 rings (SSSR count). The Kier molecular flexibility index (Phi) is 7.07. The molecule has 38 heavy (non-hydrogen) atoms. The Labute approximate surface area is 218 Å². The summed E-state index contributed by atoms with van der Waals surface area (Å²) in [5.41, 5.74) is 3.16. The lowest BCUT2D eigenvalue weighted by atomic mass is 10.0. The quantitative estimate of drug-likeness (QED) is 0.366. The fraction of sp³-hybridized carbons (Fsp3) is 0.321. The first-order valence-electron chi connectivity index (χ1n) is 12.4. The van der Waals surface area contributed by atoms with Gasteiger partial charge in [0.15, 0.2) is 5.65 Å². The van der Waals surface area contributed by atoms with Crippen LogP contribution in [0.5, 0.6) is 5.75 Å². The molecule has 0 bridgehead atoms. The van der Waals surface area contributed by atoms with E-state index in [1.54, 1.807) is 12.5 Å². The van der Waals surface area contributed by atoms with Gasteiger partial charge in [-0.3, -0.25) is 9.36 Å². The van der Waals surface area contributed by atoms with Crippen molar-refractivity contribution in [2.75, 3.05) is 25.5 Å². The van der Waals surface area contributed by atoms with Crippen LogP contribution in [0.2, 0.25) is 0 Å². The number of hydrogen-bond acceptors (Lipinski definition) is 5. The molecular formula is C28H28F3N5O2. The molecule has 1 aliphatic heterocycles. The molecule has 0 spiro atoms. The summed E-state index contributed by atoms with van der Waals surface area (Å²) in [7, 11) is 1.98. The molecular weight excluding hydrogens is 495 g/mol. The highest BCUT2D eigenvalue weighted by Crippen LogP contribution is 2.39. The van der Waals surface area contributed by atoms with E-state index >= 15 is 0 Å². The molecule has 0 saturated carbocycles. The van der Waals surface area contributed by atoms with Crippen LogP contribution in [0.1, 0.15) is 29.5 Å². The van der Waals surface area contributed by atoms with Crippen LogP contribution in [-0.2, 0) is 17.4 Å². The Morgan fingerprint density at radius 2 is 1.89 bits per heavy atom. The molecule has 1 amide bonds. The first-order chi connectivity index (χ1) is 18.2. The van der Waals surface area contributed by atoms with Crippen molar-refractivity contribution in [2.24, 2.45) is 0 Å². The van der Waals surface area contributed by atoms with Gasteiger partial charge in [0.05, 0.1) is 12.0 Å². The molecule has 2 aromatic heterocycles. The lowest BCUT2D eigenvalue weighted by Crippen LogP contribution is -2.36. The fourth-order valence-electron chi connectivity index (χ4n) is 4.66. The number of pyridine rings is 1. The van der Waals surface area contributed by atoms with Crippen LogP contribution in [0, 0.1) is 6.92 Å². The van der Waals surface area contributed by atoms with Crippen molar-refractivity contribution < 1.29 is 22.7 Å². The number of fused-ring (bicyclic) bond motifs is 1. The van der Waals surface area contributed by atoms with Crippen LogP contribution in [0.4, 0.5) is 18.9 Å². The van der Waals surface area contributed by atoms with Gasteiger partial charge < -0.3 is 15.0 Å². The van der Waals surface area contributed by atoms with Crippen molar-refractivity contribution in [3.05, 3.63) is 77.7 Å². The summed E-state index contributed by atoms with van der Waals surface area (Å²) in [5, 5.41) is 2.61. The van der Waals surface area contributed by atoms with Gasteiger partial charge in [-0.05, 0) is 80.4 Å². The highest BCUT2D eigenvalue weighted by Gasteiger charge is 2.35. The van der Waals surface area contributed by atoms with Gasteiger partial charge in [0, 0.05) is 30.7 Å². The maximum atomic E-state index is 13.8. The minimum Gasteiger partial charge on any atom is -0.490 e. The number of nitrogens with zero attached hydrogens (tertiary/aromatic N) is 4. The number of anilines is 1. The van der Waals surface area contributed by atoms with Gasteiger partial charge in [0.25, 0.3) is 0 Å². The number of imidazole rings is 1. The number of halogens is 3. The normalized spacial score (nSPS) is 15.1. The Morgan fingerprint density at radius 1 is 1.11 bits per heavy atom. The SMILES string of the molecule is Cc1cc(-n2cnc3cccnc32)ccc1CC(=O)Nc1ccc(OC2CCN(C)CC2)c(C(F)(F)F)c1. The first kappa shape index (κ1) is 25.7. The van der Waals surface area contributed by atoms with Crippen LogP contribution in [0.3, 0.4) is 0 Å². The monoisotopic (exact) mass is 523 g/mol. The number of piperidine rings is 1. The zero-order valence-corrected chi connectivity index (χ0v) is 21.1. The average molecular weight is 524 g/mol. The first-order valence-corrected chi connectivity index (χ1v) is 12.4. The van der Waals surface area contributed by atoms with Crippen LogP contribution in [-0.4, -0.2) is 51.6 Å². The summed E-state index contributed by atoms with van der Waals surface area (Å²) >= 11 is 0. The molecule has 198 valence electrons. The van der Waals surface area contributed by atoms with E-state index in [2.05, 4.69) is 20.2 Å². The second kappa shape index (κ2) is 10.4. The molecule has 1 saturated heterocycles. The van der Waals surface area contributed by atoms with Crippen LogP contribution in [0.15, 0.2) is 61.1 Å². The van der Waals surface area contributed by atoms with E-state index in [0.29, 0.717) is 12.8 Å². The molecule has 0 atom stereocenters. The minimum absolute atomic E-state index is 0.0181. The molecule has 1 aliphatic rings. The number of carbonyl (C=O) groups is 1. The maximum Gasteiger partial charge on any atom is 0.420 e. The summed E-state index contributed by atoms with van der Waals surface area (Å²) < 4.78 is 49.1. The largest absolute Gasteiger partial charge is 0.490 e. The standard InChI is InChI=1S/C28H28F3N5O2/c1-18-14-21(36-17-33-24-4-3-11-32-27(24)36)7-5-19(18)15-26(37)34-20-6-8-25(23(16-20)28(29,30)31)38-22-9-12-35(2)13-10-22/h3-8,11,14,16-17,22H,9-10,12-13,15H2,1-2H3,(H,34,37). The number of benzene rings is 2. The highest BCUT2D eigenvalue weighted by molar-refractivity contribution is 5.92. The van der Waals surface area contributed by atoms with Crippen LogP contribution < -0.4 is 10.1 Å². The molecule has 0 radical (unpaired) electrons. The number of ether oxygens (including phenoxy) is 1. The second-order valence-electron chi connectivity index (χ2n) is 9.63. The highest BCUT2D eigenvalue weighted by atomic mass is 19.4. The molecule has 1 fully saturated rings. The number of likely N-dealkylation sites (tertiary alicyclic amines) is 1. The zero-order chi connectivity index (χ0) is 26.9. The third-order valence-electron chi connectivity index (χ3n) is 6.79. The summed E-state index contributed by atoms with van der Waals surface area (Å²) in [5.74, 6) is -0.620. The Bertz CT molecular complexity index is 1460.